The van der Waals surface area contributed by atoms with E-state index < -0.39 is 9.85 Å². The maximum atomic E-state index is 12.7. The van der Waals surface area contributed by atoms with Crippen molar-refractivity contribution in [2.45, 2.75) is 111 Å². The molecule has 23 nitrogen and oxygen atoms in total. The lowest BCUT2D eigenvalue weighted by molar-refractivity contribution is -0.385. The molecular formula is C70H84Cl3N17O6. The molecule has 96 heavy (non-hydrogen) atoms. The number of nitrogens with zero attached hydrogens (tertiary/aromatic N) is 15. The number of nitro groups is 2. The normalized spacial score (nSPS) is 12.9. The SMILES string of the molecule is CC(=O)Cc1ccc(N(C)C)nc1.CC(C)(C)c1cc(CCC(=O)Cc2ccc(N3CCC3)nc2)n(-c2cccc(Cl)c2)n1.CC(C)(C)c1cc(CN)n(-c2cccc(Cl)c2)n1.Nc1ccc(N2CCC2)nc1.O=[N+]([O-])c1ccc(Cl)nc1.O=[N+]([O-])c1ccc(N2CCC2)nc1. The maximum Gasteiger partial charge on any atom is 0.287 e. The second kappa shape index (κ2) is 34.8. The molecular weight excluding hydrogens is 1280 g/mol. The highest BCUT2D eigenvalue weighted by atomic mass is 35.5. The summed E-state index contributed by atoms with van der Waals surface area (Å²) in [4.78, 5) is 71.8. The number of Topliss-reactive ketones (excluding diaryl/α,β-unsaturated/α-hetero) is 2. The number of pyridine rings is 5. The summed E-state index contributed by atoms with van der Waals surface area (Å²) in [6, 6.07) is 37.0. The molecule has 26 heteroatoms. The molecule has 506 valence electrons. The van der Waals surface area contributed by atoms with E-state index in [0.717, 1.165) is 120 Å². The van der Waals surface area contributed by atoms with Crippen LogP contribution >= 0.6 is 34.8 Å². The maximum absolute atomic E-state index is 12.7. The number of anilines is 5. The van der Waals surface area contributed by atoms with Gasteiger partial charge < -0.3 is 31.1 Å². The topological polar surface area (TPSA) is 286 Å². The molecule has 0 unspecified atom stereocenters. The van der Waals surface area contributed by atoms with Crippen LogP contribution in [0.25, 0.3) is 11.4 Å². The molecule has 7 aromatic heterocycles. The van der Waals surface area contributed by atoms with E-state index in [1.165, 1.54) is 43.7 Å². The Bertz CT molecular complexity index is 3980. The van der Waals surface area contributed by atoms with Crippen LogP contribution in [-0.2, 0) is 46.2 Å². The molecule has 0 bridgehead atoms. The van der Waals surface area contributed by atoms with Crippen molar-refractivity contribution in [3.63, 3.8) is 0 Å². The van der Waals surface area contributed by atoms with Crippen LogP contribution in [0.2, 0.25) is 15.2 Å². The van der Waals surface area contributed by atoms with Crippen LogP contribution in [-0.4, -0.2) is 119 Å². The average Bonchev–Trinajstić information content (AvgIpc) is 1.66. The van der Waals surface area contributed by atoms with Gasteiger partial charge in [0.2, 0.25) is 0 Å². The Morgan fingerprint density at radius 3 is 1.38 bits per heavy atom. The van der Waals surface area contributed by atoms with Crippen LogP contribution in [0.15, 0.2) is 152 Å². The van der Waals surface area contributed by atoms with E-state index in [9.17, 15) is 29.8 Å². The highest BCUT2D eigenvalue weighted by Crippen LogP contribution is 2.28. The fraction of sp³-hybridized carbons (Fsp3) is 0.357. The molecule has 0 atom stereocenters. The van der Waals surface area contributed by atoms with Crippen LogP contribution in [0.5, 0.6) is 0 Å². The summed E-state index contributed by atoms with van der Waals surface area (Å²) in [6.45, 7) is 21.3. The van der Waals surface area contributed by atoms with Gasteiger partial charge in [0, 0.05) is 130 Å². The molecule has 4 N–H and O–H groups in total. The van der Waals surface area contributed by atoms with Gasteiger partial charge in [-0.2, -0.15) is 10.2 Å². The molecule has 10 heterocycles. The van der Waals surface area contributed by atoms with Gasteiger partial charge in [-0.05, 0) is 129 Å². The molecule has 2 aromatic carbocycles. The number of nitrogen functional groups attached to an aromatic ring is 1. The Hall–Kier alpha value is -9.42. The number of carbonyl (C=O) groups excluding carboxylic acids is 2. The third kappa shape index (κ3) is 22.6. The summed E-state index contributed by atoms with van der Waals surface area (Å²) in [6.07, 6.45) is 13.4. The number of rotatable bonds is 16. The molecule has 3 aliphatic heterocycles. The van der Waals surface area contributed by atoms with E-state index in [1.807, 2.05) is 119 Å². The van der Waals surface area contributed by atoms with Crippen LogP contribution in [0.1, 0.15) is 108 Å². The third-order valence-electron chi connectivity index (χ3n) is 15.2. The van der Waals surface area contributed by atoms with Crippen LogP contribution in [0, 0.1) is 20.2 Å². The van der Waals surface area contributed by atoms with Gasteiger partial charge >= 0.3 is 0 Å². The van der Waals surface area contributed by atoms with Crippen molar-refractivity contribution in [1.82, 2.24) is 44.5 Å². The first kappa shape index (κ1) is 74.0. The molecule has 0 amide bonds. The van der Waals surface area contributed by atoms with Crippen LogP contribution < -0.4 is 31.1 Å². The minimum atomic E-state index is -0.524. The van der Waals surface area contributed by atoms with Gasteiger partial charge in [-0.1, -0.05) is 101 Å². The zero-order valence-electron chi connectivity index (χ0n) is 55.8. The van der Waals surface area contributed by atoms with Crippen molar-refractivity contribution in [2.75, 3.05) is 78.7 Å². The highest BCUT2D eigenvalue weighted by molar-refractivity contribution is 6.31. The summed E-state index contributed by atoms with van der Waals surface area (Å²) in [5, 5.41) is 31.4. The first-order valence-corrected chi connectivity index (χ1v) is 32.6. The smallest absolute Gasteiger partial charge is 0.287 e. The number of carbonyl (C=O) groups is 2. The number of halogens is 3. The lowest BCUT2D eigenvalue weighted by atomic mass is 9.92. The van der Waals surface area contributed by atoms with Gasteiger partial charge in [-0.15, -0.1) is 0 Å². The highest BCUT2D eigenvalue weighted by Gasteiger charge is 2.24. The molecule has 3 fully saturated rings. The molecule has 0 spiro atoms. The molecule has 0 saturated carbocycles. The molecule has 3 saturated heterocycles. The molecule has 9 aromatic rings. The first-order valence-electron chi connectivity index (χ1n) is 31.5. The Morgan fingerprint density at radius 2 is 1.00 bits per heavy atom. The Labute approximate surface area is 575 Å². The Balaban J connectivity index is 0.000000172. The van der Waals surface area contributed by atoms with E-state index in [4.69, 9.17) is 51.4 Å². The van der Waals surface area contributed by atoms with Gasteiger partial charge in [0.1, 0.15) is 52.4 Å². The summed E-state index contributed by atoms with van der Waals surface area (Å²) in [5.41, 5.74) is 19.8. The summed E-state index contributed by atoms with van der Waals surface area (Å²) in [7, 11) is 3.87. The van der Waals surface area contributed by atoms with Crippen molar-refractivity contribution >= 4 is 86.7 Å². The van der Waals surface area contributed by atoms with E-state index in [2.05, 4.69) is 98.4 Å². The minimum Gasteiger partial charge on any atom is -0.397 e. The van der Waals surface area contributed by atoms with E-state index in [-0.39, 0.29) is 38.9 Å². The Morgan fingerprint density at radius 1 is 0.552 bits per heavy atom. The average molecular weight is 1370 g/mol. The lowest BCUT2D eigenvalue weighted by Crippen LogP contribution is -2.37. The molecule has 0 radical (unpaired) electrons. The number of aromatic nitrogens is 9. The summed E-state index contributed by atoms with van der Waals surface area (Å²) in [5.74, 6) is 4.16. The van der Waals surface area contributed by atoms with Gasteiger partial charge in [-0.25, -0.2) is 34.3 Å². The molecule has 12 rings (SSSR count). The largest absolute Gasteiger partial charge is 0.397 e. The van der Waals surface area contributed by atoms with Crippen LogP contribution in [0.4, 0.5) is 40.3 Å². The predicted octanol–water partition coefficient (Wildman–Crippen LogP) is 13.5. The van der Waals surface area contributed by atoms with Gasteiger partial charge in [0.15, 0.2) is 0 Å². The fourth-order valence-electron chi connectivity index (χ4n) is 9.29. The van der Waals surface area contributed by atoms with Gasteiger partial charge in [0.05, 0.1) is 50.2 Å². The van der Waals surface area contributed by atoms with Crippen molar-refractivity contribution in [3.8, 4) is 11.4 Å². The van der Waals surface area contributed by atoms with E-state index >= 15 is 0 Å². The van der Waals surface area contributed by atoms with Crippen LogP contribution in [0.3, 0.4) is 0 Å². The Kier molecular flexibility index (Phi) is 26.8. The second-order valence-corrected chi connectivity index (χ2v) is 26.5. The number of aryl methyl sites for hydroxylation is 1. The predicted molar refractivity (Wildman–Crippen MR) is 383 cm³/mol. The minimum absolute atomic E-state index is 0.00768. The second-order valence-electron chi connectivity index (χ2n) is 25.3. The zero-order valence-corrected chi connectivity index (χ0v) is 58.0. The fourth-order valence-corrected chi connectivity index (χ4v) is 9.77. The number of hydrogen-bond acceptors (Lipinski definition) is 19. The monoisotopic (exact) mass is 1360 g/mol. The van der Waals surface area contributed by atoms with Gasteiger partial charge in [-0.3, -0.25) is 29.8 Å². The van der Waals surface area contributed by atoms with Crippen molar-refractivity contribution in [3.05, 3.63) is 222 Å². The van der Waals surface area contributed by atoms with E-state index in [1.54, 1.807) is 25.4 Å². The van der Waals surface area contributed by atoms with Crippen molar-refractivity contribution < 1.29 is 19.4 Å². The standard InChI is InChI=1S/C25H29ClN4O.C14H18ClN3.C10H14N2O.C8H9N3O2.C8H11N3.C5H3ClN2O2/c1-25(2,3)23-16-21(30(28-23)20-7-4-6-19(26)15-20)9-10-22(31)14-18-8-11-24(27-17-18)29-12-5-13-29;1-14(2,3)13-8-12(9-16)18(17-13)11-6-4-5-10(15)7-11;1-8(13)6-9-4-5-10(11-7-9)12(2)3;12-11(13)7-2-3-8(9-6-7)10-4-1-5-10;9-7-2-3-8(10-6-7)11-4-1-5-11;6-5-2-1-4(3-7-5)8(9)10/h4,6-8,11,15-17H,5,9-10,12-14H2,1-3H3;4-8H,9,16H2,1-3H3;4-5,7H,6H2,1-3H3;2-3,6H,1,4-5H2;2-3,6H,1,4-5,9H2;1-3H. The molecule has 0 aliphatic carbocycles. The summed E-state index contributed by atoms with van der Waals surface area (Å²) >= 11 is 17.6. The summed E-state index contributed by atoms with van der Waals surface area (Å²) < 4.78 is 3.79. The third-order valence-corrected chi connectivity index (χ3v) is 15.9. The number of benzene rings is 2. The quantitative estimate of drug-likeness (QED) is 0.0516. The number of ketones is 2. The van der Waals surface area contributed by atoms with Crippen molar-refractivity contribution in [2.24, 2.45) is 5.73 Å². The van der Waals surface area contributed by atoms with Crippen molar-refractivity contribution in [1.29, 1.82) is 0 Å². The first-order chi connectivity index (χ1) is 45.6. The number of hydrogen-bond donors (Lipinski definition) is 2. The zero-order chi connectivity index (χ0) is 69.7. The molecule has 3 aliphatic rings. The van der Waals surface area contributed by atoms with E-state index in [0.29, 0.717) is 42.3 Å². The lowest BCUT2D eigenvalue weighted by Gasteiger charge is -2.31. The van der Waals surface area contributed by atoms with Gasteiger partial charge in [0.25, 0.3) is 11.4 Å². The number of nitrogens with two attached hydrogens (primary N) is 2.